The zero-order chi connectivity index (χ0) is 15.7. The maximum atomic E-state index is 12.3. The molecule has 1 amide bonds. The predicted octanol–water partition coefficient (Wildman–Crippen LogP) is 2.18. The highest BCUT2D eigenvalue weighted by molar-refractivity contribution is 6.32. The van der Waals surface area contributed by atoms with Crippen LogP contribution in [0.3, 0.4) is 0 Å². The van der Waals surface area contributed by atoms with Crippen LogP contribution in [0.5, 0.6) is 0 Å². The van der Waals surface area contributed by atoms with E-state index in [2.05, 4.69) is 11.8 Å². The van der Waals surface area contributed by atoms with Crippen LogP contribution < -0.4 is 0 Å². The summed E-state index contributed by atoms with van der Waals surface area (Å²) in [4.78, 5) is 14.0. The summed E-state index contributed by atoms with van der Waals surface area (Å²) in [5.74, 6) is 5.60. The van der Waals surface area contributed by atoms with Crippen LogP contribution in [-0.4, -0.2) is 49.3 Å². The van der Waals surface area contributed by atoms with E-state index in [1.165, 1.54) is 0 Å². The van der Waals surface area contributed by atoms with E-state index in [1.54, 1.807) is 30.2 Å². The summed E-state index contributed by atoms with van der Waals surface area (Å²) in [5, 5.41) is 9.13. The number of nitrogens with zero attached hydrogens (tertiary/aromatic N) is 1. The lowest BCUT2D eigenvalue weighted by molar-refractivity contribution is 0.0706. The smallest absolute Gasteiger partial charge is 0.253 e. The van der Waals surface area contributed by atoms with Crippen molar-refractivity contribution >= 4 is 17.5 Å². The number of ether oxygens (including phenoxy) is 1. The summed E-state index contributed by atoms with van der Waals surface area (Å²) < 4.78 is 5.00. The van der Waals surface area contributed by atoms with Gasteiger partial charge < -0.3 is 14.7 Å². The Bertz CT molecular complexity index is 534. The number of carbonyl (C=O) groups excluding carboxylic acids is 1. The first-order valence-electron chi connectivity index (χ1n) is 6.81. The minimum Gasteiger partial charge on any atom is -0.395 e. The largest absolute Gasteiger partial charge is 0.395 e. The van der Waals surface area contributed by atoms with E-state index in [1.807, 2.05) is 6.92 Å². The number of aliphatic hydroxyl groups is 1. The fourth-order valence-electron chi connectivity index (χ4n) is 1.75. The van der Waals surface area contributed by atoms with Crippen molar-refractivity contribution in [3.63, 3.8) is 0 Å². The van der Waals surface area contributed by atoms with Gasteiger partial charge in [0.2, 0.25) is 0 Å². The zero-order valence-electron chi connectivity index (χ0n) is 12.4. The lowest BCUT2D eigenvalue weighted by Crippen LogP contribution is -2.33. The third-order valence-electron chi connectivity index (χ3n) is 2.91. The van der Waals surface area contributed by atoms with Gasteiger partial charge in [-0.3, -0.25) is 4.79 Å². The SMILES string of the molecule is CCN(CCOC)C(=O)c1ccc(C#CCCO)c(Cl)c1. The molecule has 0 aromatic heterocycles. The average molecular weight is 310 g/mol. The first-order chi connectivity index (χ1) is 10.1. The first kappa shape index (κ1) is 17.5. The van der Waals surface area contributed by atoms with E-state index < -0.39 is 0 Å². The fraction of sp³-hybridized carbons (Fsp3) is 0.438. The molecule has 0 spiro atoms. The van der Waals surface area contributed by atoms with Gasteiger partial charge in [-0.15, -0.1) is 0 Å². The third-order valence-corrected chi connectivity index (χ3v) is 3.22. The van der Waals surface area contributed by atoms with Crippen molar-refractivity contribution in [1.29, 1.82) is 0 Å². The molecule has 5 heteroatoms. The van der Waals surface area contributed by atoms with Gasteiger partial charge in [0.05, 0.1) is 18.2 Å². The Labute approximate surface area is 130 Å². The van der Waals surface area contributed by atoms with E-state index in [0.29, 0.717) is 42.3 Å². The van der Waals surface area contributed by atoms with Crippen LogP contribution in [-0.2, 0) is 4.74 Å². The molecule has 1 aromatic rings. The van der Waals surface area contributed by atoms with Crippen molar-refractivity contribution in [2.45, 2.75) is 13.3 Å². The van der Waals surface area contributed by atoms with E-state index in [4.69, 9.17) is 21.4 Å². The molecular formula is C16H20ClNO3. The molecule has 0 bridgehead atoms. The number of methoxy groups -OCH3 is 1. The fourth-order valence-corrected chi connectivity index (χ4v) is 1.98. The summed E-state index contributed by atoms with van der Waals surface area (Å²) in [6, 6.07) is 5.07. The molecule has 0 unspecified atom stereocenters. The van der Waals surface area contributed by atoms with Crippen molar-refractivity contribution in [3.8, 4) is 11.8 Å². The maximum absolute atomic E-state index is 12.3. The summed E-state index contributed by atoms with van der Waals surface area (Å²) in [5.41, 5.74) is 1.19. The number of carbonyl (C=O) groups is 1. The number of benzene rings is 1. The standard InChI is InChI=1S/C16H20ClNO3/c1-3-18(9-11-21-2)16(20)14-8-7-13(15(17)12-14)6-4-5-10-19/h7-8,12,19H,3,5,9-11H2,1-2H3. The highest BCUT2D eigenvalue weighted by Gasteiger charge is 2.14. The average Bonchev–Trinajstić information content (AvgIpc) is 2.49. The number of hydrogen-bond donors (Lipinski definition) is 1. The van der Waals surface area contributed by atoms with Gasteiger partial charge in [0.25, 0.3) is 5.91 Å². The van der Waals surface area contributed by atoms with Gasteiger partial charge in [0, 0.05) is 37.7 Å². The van der Waals surface area contributed by atoms with Crippen LogP contribution in [0.2, 0.25) is 5.02 Å². The molecule has 0 saturated carbocycles. The molecule has 114 valence electrons. The number of rotatable bonds is 6. The second kappa shape index (κ2) is 9.41. The molecule has 1 aromatic carbocycles. The van der Waals surface area contributed by atoms with Crippen LogP contribution in [0.25, 0.3) is 0 Å². The zero-order valence-corrected chi connectivity index (χ0v) is 13.1. The monoisotopic (exact) mass is 309 g/mol. The van der Waals surface area contributed by atoms with Gasteiger partial charge in [-0.25, -0.2) is 0 Å². The van der Waals surface area contributed by atoms with Crippen LogP contribution in [0.4, 0.5) is 0 Å². The molecule has 0 radical (unpaired) electrons. The number of aliphatic hydroxyl groups excluding tert-OH is 1. The molecule has 0 aliphatic rings. The second-order valence-corrected chi connectivity index (χ2v) is 4.75. The van der Waals surface area contributed by atoms with E-state index in [0.717, 1.165) is 0 Å². The van der Waals surface area contributed by atoms with Crippen LogP contribution in [0, 0.1) is 11.8 Å². The molecule has 0 fully saturated rings. The molecule has 0 aliphatic heterocycles. The van der Waals surface area contributed by atoms with Gasteiger partial charge in [-0.05, 0) is 25.1 Å². The molecule has 0 atom stereocenters. The normalized spacial score (nSPS) is 9.90. The van der Waals surface area contributed by atoms with Crippen LogP contribution in [0.15, 0.2) is 18.2 Å². The minimum absolute atomic E-state index is 0.0200. The quantitative estimate of drug-likeness (QED) is 0.820. The maximum Gasteiger partial charge on any atom is 0.253 e. The molecule has 4 nitrogen and oxygen atoms in total. The van der Waals surface area contributed by atoms with Crippen molar-refractivity contribution in [1.82, 2.24) is 4.90 Å². The topological polar surface area (TPSA) is 49.8 Å². The third kappa shape index (κ3) is 5.39. The Hall–Kier alpha value is -1.54. The molecule has 0 saturated heterocycles. The van der Waals surface area contributed by atoms with Gasteiger partial charge in [-0.1, -0.05) is 23.4 Å². The van der Waals surface area contributed by atoms with E-state index in [9.17, 15) is 4.79 Å². The summed E-state index contributed by atoms with van der Waals surface area (Å²) >= 11 is 6.14. The summed E-state index contributed by atoms with van der Waals surface area (Å²) in [6.45, 7) is 3.59. The number of hydrogen-bond acceptors (Lipinski definition) is 3. The summed E-state index contributed by atoms with van der Waals surface area (Å²) in [6.07, 6.45) is 0.400. The van der Waals surface area contributed by atoms with Gasteiger partial charge in [-0.2, -0.15) is 0 Å². The van der Waals surface area contributed by atoms with Crippen LogP contribution in [0.1, 0.15) is 29.3 Å². The Kier molecular flexibility index (Phi) is 7.84. The van der Waals surface area contributed by atoms with Crippen LogP contribution >= 0.6 is 11.6 Å². The van der Waals surface area contributed by atoms with Crippen molar-refractivity contribution in [2.75, 3.05) is 33.4 Å². The molecule has 21 heavy (non-hydrogen) atoms. The van der Waals surface area contributed by atoms with Gasteiger partial charge >= 0.3 is 0 Å². The lowest BCUT2D eigenvalue weighted by atomic mass is 10.1. The minimum atomic E-state index is -0.0775. The molecule has 0 heterocycles. The van der Waals surface area contributed by atoms with Crippen molar-refractivity contribution < 1.29 is 14.6 Å². The summed E-state index contributed by atoms with van der Waals surface area (Å²) in [7, 11) is 1.61. The van der Waals surface area contributed by atoms with Crippen molar-refractivity contribution in [2.24, 2.45) is 0 Å². The lowest BCUT2D eigenvalue weighted by Gasteiger charge is -2.20. The predicted molar refractivity (Wildman–Crippen MR) is 83.5 cm³/mol. The first-order valence-corrected chi connectivity index (χ1v) is 7.19. The van der Waals surface area contributed by atoms with E-state index in [-0.39, 0.29) is 12.5 Å². The molecule has 1 N–H and O–H groups in total. The molecular weight excluding hydrogens is 290 g/mol. The Morgan fingerprint density at radius 2 is 2.24 bits per heavy atom. The number of halogens is 1. The number of likely N-dealkylation sites (N-methyl/N-ethyl adjacent to an activating group) is 1. The Balaban J connectivity index is 2.87. The van der Waals surface area contributed by atoms with Crippen molar-refractivity contribution in [3.05, 3.63) is 34.3 Å². The molecule has 0 aliphatic carbocycles. The highest BCUT2D eigenvalue weighted by atomic mass is 35.5. The second-order valence-electron chi connectivity index (χ2n) is 4.35. The van der Waals surface area contributed by atoms with Gasteiger partial charge in [0.1, 0.15) is 0 Å². The Morgan fingerprint density at radius 1 is 1.48 bits per heavy atom. The molecule has 1 rings (SSSR count). The number of amides is 1. The van der Waals surface area contributed by atoms with Gasteiger partial charge in [0.15, 0.2) is 0 Å². The highest BCUT2D eigenvalue weighted by Crippen LogP contribution is 2.18. The Morgan fingerprint density at radius 3 is 2.81 bits per heavy atom. The van der Waals surface area contributed by atoms with E-state index >= 15 is 0 Å².